The average Bonchev–Trinajstić information content (AvgIpc) is 3.30. The van der Waals surface area contributed by atoms with Crippen molar-refractivity contribution >= 4 is 17.2 Å². The number of benzene rings is 1. The number of carbonyl (C=O) groups is 1. The summed E-state index contributed by atoms with van der Waals surface area (Å²) in [6.45, 7) is 2.59. The van der Waals surface area contributed by atoms with Crippen LogP contribution in [0.3, 0.4) is 0 Å². The van der Waals surface area contributed by atoms with E-state index in [-0.39, 0.29) is 17.8 Å². The van der Waals surface area contributed by atoms with Gasteiger partial charge >= 0.3 is 0 Å². The Morgan fingerprint density at radius 1 is 1.38 bits per heavy atom. The van der Waals surface area contributed by atoms with Crippen LogP contribution >= 0.6 is 11.3 Å². The largest absolute Gasteiger partial charge is 0.340 e. The van der Waals surface area contributed by atoms with Crippen LogP contribution in [0.15, 0.2) is 35.8 Å². The van der Waals surface area contributed by atoms with Gasteiger partial charge in [0.25, 0.3) is 5.91 Å². The minimum Gasteiger partial charge on any atom is -0.340 e. The zero-order valence-electron chi connectivity index (χ0n) is 14.4. The molecule has 1 N–H and O–H groups in total. The molecule has 0 saturated carbocycles. The van der Waals surface area contributed by atoms with Crippen LogP contribution < -0.4 is 0 Å². The molecule has 0 bridgehead atoms. The number of nitrogens with zero attached hydrogens (tertiary/aromatic N) is 3. The molecule has 1 amide bonds. The summed E-state index contributed by atoms with van der Waals surface area (Å²) in [6.07, 6.45) is 4.57. The van der Waals surface area contributed by atoms with Gasteiger partial charge in [-0.25, -0.2) is 14.4 Å². The number of amides is 1. The number of aryl methyl sites for hydroxylation is 1. The monoisotopic (exact) mass is 370 g/mol. The van der Waals surface area contributed by atoms with Gasteiger partial charge in [-0.2, -0.15) is 0 Å². The highest BCUT2D eigenvalue weighted by Gasteiger charge is 2.31. The van der Waals surface area contributed by atoms with E-state index < -0.39 is 0 Å². The third kappa shape index (κ3) is 3.26. The van der Waals surface area contributed by atoms with E-state index in [1.54, 1.807) is 12.3 Å². The number of H-pyrrole nitrogens is 1. The van der Waals surface area contributed by atoms with Gasteiger partial charge in [-0.15, -0.1) is 11.3 Å². The molecule has 26 heavy (non-hydrogen) atoms. The summed E-state index contributed by atoms with van der Waals surface area (Å²) in [5, 5.41) is 2.69. The van der Waals surface area contributed by atoms with Gasteiger partial charge < -0.3 is 9.88 Å². The number of hydrogen-bond donors (Lipinski definition) is 1. The maximum atomic E-state index is 13.5. The second-order valence-electron chi connectivity index (χ2n) is 6.45. The fraction of sp³-hybridized carbons (Fsp3) is 0.316. The first-order valence-corrected chi connectivity index (χ1v) is 9.54. The number of nitrogens with one attached hydrogen (secondary N) is 1. The lowest BCUT2D eigenvalue weighted by Crippen LogP contribution is -2.39. The van der Waals surface area contributed by atoms with Crippen molar-refractivity contribution in [2.24, 2.45) is 0 Å². The first-order valence-electron chi connectivity index (χ1n) is 8.66. The molecule has 1 atom stereocenters. The molecule has 0 aliphatic carbocycles. The number of likely N-dealkylation sites (tertiary alicyclic amines) is 1. The number of aromatic nitrogens is 3. The molecule has 7 heteroatoms. The number of hydrogen-bond acceptors (Lipinski definition) is 4. The second-order valence-corrected chi connectivity index (χ2v) is 7.52. The number of halogens is 1. The van der Waals surface area contributed by atoms with Gasteiger partial charge in [0.2, 0.25) is 0 Å². The number of carbonyl (C=O) groups excluding carboxylic acids is 1. The molecule has 134 valence electrons. The average molecular weight is 370 g/mol. The molecule has 1 aliphatic rings. The predicted molar refractivity (Wildman–Crippen MR) is 98.5 cm³/mol. The quantitative estimate of drug-likeness (QED) is 0.746. The number of thiazole rings is 1. The molecule has 1 fully saturated rings. The number of piperidine rings is 1. The Morgan fingerprint density at radius 2 is 2.27 bits per heavy atom. The molecule has 0 radical (unpaired) electrons. The highest BCUT2D eigenvalue weighted by atomic mass is 32.1. The summed E-state index contributed by atoms with van der Waals surface area (Å²) < 4.78 is 13.5. The van der Waals surface area contributed by atoms with Crippen LogP contribution in [-0.4, -0.2) is 32.3 Å². The third-order valence-corrected chi connectivity index (χ3v) is 5.42. The Kier molecular flexibility index (Phi) is 4.55. The van der Waals surface area contributed by atoms with Crippen molar-refractivity contribution in [2.45, 2.75) is 32.2 Å². The van der Waals surface area contributed by atoms with Gasteiger partial charge in [-0.05, 0) is 38.3 Å². The molecule has 3 aromatic rings. The van der Waals surface area contributed by atoms with Gasteiger partial charge in [0.1, 0.15) is 17.3 Å². The van der Waals surface area contributed by atoms with Crippen LogP contribution in [0.5, 0.6) is 0 Å². The van der Waals surface area contributed by atoms with Crippen molar-refractivity contribution in [2.75, 3.05) is 6.54 Å². The van der Waals surface area contributed by atoms with Crippen molar-refractivity contribution in [3.8, 4) is 11.3 Å². The molecule has 4 rings (SSSR count). The van der Waals surface area contributed by atoms with E-state index in [0.717, 1.165) is 41.4 Å². The number of imidazole rings is 1. The van der Waals surface area contributed by atoms with Crippen LogP contribution in [0.1, 0.15) is 46.6 Å². The molecule has 3 heterocycles. The highest BCUT2D eigenvalue weighted by molar-refractivity contribution is 7.09. The fourth-order valence-corrected chi connectivity index (χ4v) is 3.96. The Balaban J connectivity index is 1.62. The molecule has 5 nitrogen and oxygen atoms in total. The van der Waals surface area contributed by atoms with E-state index in [2.05, 4.69) is 15.0 Å². The third-order valence-electron chi connectivity index (χ3n) is 4.65. The summed E-state index contributed by atoms with van der Waals surface area (Å²) in [7, 11) is 0. The van der Waals surface area contributed by atoms with Crippen molar-refractivity contribution in [1.29, 1.82) is 0 Å². The first-order chi connectivity index (χ1) is 12.6. The SMILES string of the molecule is Cc1nc(C(=O)N2CCCCC2c2ncc(-c3cccc(F)c3)[nH]2)cs1. The topological polar surface area (TPSA) is 61.9 Å². The molecule has 1 saturated heterocycles. The maximum absolute atomic E-state index is 13.5. The van der Waals surface area contributed by atoms with Gasteiger partial charge in [-0.1, -0.05) is 12.1 Å². The molecule has 1 aromatic carbocycles. The number of rotatable bonds is 3. The van der Waals surface area contributed by atoms with E-state index in [1.807, 2.05) is 23.3 Å². The van der Waals surface area contributed by atoms with Crippen LogP contribution in [0.4, 0.5) is 4.39 Å². The fourth-order valence-electron chi connectivity index (χ4n) is 3.38. The molecule has 0 spiro atoms. The molecule has 2 aromatic heterocycles. The van der Waals surface area contributed by atoms with Gasteiger partial charge in [0, 0.05) is 17.5 Å². The second kappa shape index (κ2) is 6.99. The van der Waals surface area contributed by atoms with Crippen LogP contribution in [0.25, 0.3) is 11.3 Å². The minimum absolute atomic E-state index is 0.0530. The first kappa shape index (κ1) is 16.9. The van der Waals surface area contributed by atoms with Crippen molar-refractivity contribution < 1.29 is 9.18 Å². The summed E-state index contributed by atoms with van der Waals surface area (Å²) in [4.78, 5) is 26.8. The Bertz CT molecular complexity index is 935. The normalized spacial score (nSPS) is 17.5. The molecule has 1 unspecified atom stereocenters. The lowest BCUT2D eigenvalue weighted by molar-refractivity contribution is 0.0595. The smallest absolute Gasteiger partial charge is 0.273 e. The van der Waals surface area contributed by atoms with E-state index in [1.165, 1.54) is 23.5 Å². The number of aromatic amines is 1. The van der Waals surface area contributed by atoms with Crippen molar-refractivity contribution in [3.63, 3.8) is 0 Å². The maximum Gasteiger partial charge on any atom is 0.273 e. The predicted octanol–water partition coefficient (Wildman–Crippen LogP) is 4.35. The van der Waals surface area contributed by atoms with Crippen LogP contribution in [0.2, 0.25) is 0 Å². The van der Waals surface area contributed by atoms with Gasteiger partial charge in [0.15, 0.2) is 0 Å². The van der Waals surface area contributed by atoms with E-state index in [4.69, 9.17) is 0 Å². The zero-order chi connectivity index (χ0) is 18.1. The van der Waals surface area contributed by atoms with Gasteiger partial charge in [-0.3, -0.25) is 4.79 Å². The Labute approximate surface area is 154 Å². The lowest BCUT2D eigenvalue weighted by Gasteiger charge is -2.34. The summed E-state index contributed by atoms with van der Waals surface area (Å²) >= 11 is 1.48. The van der Waals surface area contributed by atoms with E-state index in [9.17, 15) is 9.18 Å². The lowest BCUT2D eigenvalue weighted by atomic mass is 10.0. The van der Waals surface area contributed by atoms with E-state index >= 15 is 0 Å². The van der Waals surface area contributed by atoms with E-state index in [0.29, 0.717) is 12.2 Å². The summed E-state index contributed by atoms with van der Waals surface area (Å²) in [6, 6.07) is 6.28. The highest BCUT2D eigenvalue weighted by Crippen LogP contribution is 2.32. The molecular weight excluding hydrogens is 351 g/mol. The van der Waals surface area contributed by atoms with Gasteiger partial charge in [0.05, 0.1) is 22.9 Å². The Morgan fingerprint density at radius 3 is 3.04 bits per heavy atom. The van der Waals surface area contributed by atoms with Crippen molar-refractivity contribution in [3.05, 3.63) is 58.2 Å². The summed E-state index contributed by atoms with van der Waals surface area (Å²) in [5.74, 6) is 0.402. The van der Waals surface area contributed by atoms with Crippen molar-refractivity contribution in [1.82, 2.24) is 19.9 Å². The van der Waals surface area contributed by atoms with Crippen LogP contribution in [-0.2, 0) is 0 Å². The standard InChI is InChI=1S/C19H19FN4OS/c1-12-22-16(11-26-12)19(25)24-8-3-2-7-17(24)18-21-10-15(23-18)13-5-4-6-14(20)9-13/h4-6,9-11,17H,2-3,7-8H2,1H3,(H,21,23). The zero-order valence-corrected chi connectivity index (χ0v) is 15.2. The van der Waals surface area contributed by atoms with Crippen LogP contribution in [0, 0.1) is 12.7 Å². The molecular formula is C19H19FN4OS. The summed E-state index contributed by atoms with van der Waals surface area (Å²) in [5.41, 5.74) is 1.99. The minimum atomic E-state index is -0.285. The Hall–Kier alpha value is -2.54. The molecule has 1 aliphatic heterocycles.